The third kappa shape index (κ3) is 3.97. The lowest BCUT2D eigenvalue weighted by Gasteiger charge is -2.20. The summed E-state index contributed by atoms with van der Waals surface area (Å²) in [6.07, 6.45) is 1.41. The molecule has 1 N–H and O–H groups in total. The number of rotatable bonds is 5. The topological polar surface area (TPSA) is 68.0 Å². The number of nitrogens with one attached hydrogen (secondary N) is 1. The highest BCUT2D eigenvalue weighted by molar-refractivity contribution is 9.10. The number of Topliss-reactive ketones (excluding diaryl/α,β-unsaturated/α-hetero) is 1. The number of amidine groups is 1. The van der Waals surface area contributed by atoms with Crippen molar-refractivity contribution in [2.24, 2.45) is 4.99 Å². The molecule has 0 saturated heterocycles. The van der Waals surface area contributed by atoms with Gasteiger partial charge < -0.3 is 10.1 Å². The molecule has 0 spiro atoms. The van der Waals surface area contributed by atoms with Crippen LogP contribution in [0.3, 0.4) is 0 Å². The number of hydrogen-bond donors (Lipinski definition) is 1. The molecule has 160 valence electrons. The van der Waals surface area contributed by atoms with Crippen LogP contribution in [0.25, 0.3) is 5.65 Å². The highest BCUT2D eigenvalue weighted by Crippen LogP contribution is 2.27. The number of carbonyl (C=O) groups excluding carboxylic acids is 1. The van der Waals surface area contributed by atoms with E-state index in [1.807, 2.05) is 90.3 Å². The highest BCUT2D eigenvalue weighted by Gasteiger charge is 2.34. The fourth-order valence-corrected chi connectivity index (χ4v) is 4.03. The molecule has 3 heterocycles. The van der Waals surface area contributed by atoms with Gasteiger partial charge in [0, 0.05) is 16.2 Å². The standard InChI is InChI=1S/C25H21BrN4O2/c1-16(32-15-17-7-3-2-4-8-17)21-23(31)22-25(27-20-9-5-6-14-30(20)22)29-24(28-21)18-10-12-19(26)13-11-18/h2-14,16,21H,15H2,1H3,(H,28,29)/t16?,21-/m0/s1. The number of benzene rings is 2. The summed E-state index contributed by atoms with van der Waals surface area (Å²) >= 11 is 3.47. The van der Waals surface area contributed by atoms with Crippen LogP contribution in [0.15, 0.2) is 88.5 Å². The molecule has 0 bridgehead atoms. The summed E-state index contributed by atoms with van der Waals surface area (Å²) < 4.78 is 8.88. The molecular formula is C25H21BrN4O2. The Hall–Kier alpha value is -3.29. The first kappa shape index (κ1) is 20.6. The molecule has 2 atom stereocenters. The van der Waals surface area contributed by atoms with Crippen LogP contribution in [-0.4, -0.2) is 33.1 Å². The maximum absolute atomic E-state index is 13.7. The predicted octanol–water partition coefficient (Wildman–Crippen LogP) is 5.13. The zero-order valence-electron chi connectivity index (χ0n) is 17.4. The van der Waals surface area contributed by atoms with Gasteiger partial charge in [0.1, 0.15) is 23.2 Å². The summed E-state index contributed by atoms with van der Waals surface area (Å²) in [4.78, 5) is 23.2. The van der Waals surface area contributed by atoms with Gasteiger partial charge in [0.15, 0.2) is 5.82 Å². The molecule has 1 aliphatic heterocycles. The van der Waals surface area contributed by atoms with E-state index < -0.39 is 12.1 Å². The van der Waals surface area contributed by atoms with E-state index in [1.54, 1.807) is 0 Å². The number of imidazole rings is 1. The molecule has 32 heavy (non-hydrogen) atoms. The number of ether oxygens (including phenoxy) is 1. The van der Waals surface area contributed by atoms with Crippen molar-refractivity contribution >= 4 is 39.0 Å². The first-order valence-electron chi connectivity index (χ1n) is 10.4. The van der Waals surface area contributed by atoms with E-state index in [4.69, 9.17) is 9.73 Å². The summed E-state index contributed by atoms with van der Waals surface area (Å²) in [6, 6.07) is 22.7. The van der Waals surface area contributed by atoms with E-state index in [0.29, 0.717) is 29.6 Å². The lowest BCUT2D eigenvalue weighted by molar-refractivity contribution is 0.0347. The third-order valence-electron chi connectivity index (χ3n) is 5.45. The SMILES string of the molecule is CC(OCc1ccccc1)[C@@H]1N=C(c2ccc(Br)cc2)Nc2nc3ccccn3c2C1=O. The number of hydrogen-bond acceptors (Lipinski definition) is 5. The highest BCUT2D eigenvalue weighted by atomic mass is 79.9. The minimum absolute atomic E-state index is 0.126. The fraction of sp³-hybridized carbons (Fsp3) is 0.160. The summed E-state index contributed by atoms with van der Waals surface area (Å²) in [5, 5.41) is 3.30. The summed E-state index contributed by atoms with van der Waals surface area (Å²) in [5.74, 6) is 0.965. The van der Waals surface area contributed by atoms with Gasteiger partial charge in [-0.15, -0.1) is 0 Å². The van der Waals surface area contributed by atoms with Gasteiger partial charge in [-0.25, -0.2) is 4.98 Å². The van der Waals surface area contributed by atoms with E-state index in [0.717, 1.165) is 15.6 Å². The van der Waals surface area contributed by atoms with Gasteiger partial charge in [0.2, 0.25) is 5.78 Å². The molecule has 5 rings (SSSR count). The Morgan fingerprint density at radius 2 is 1.81 bits per heavy atom. The third-order valence-corrected chi connectivity index (χ3v) is 5.98. The van der Waals surface area contributed by atoms with Gasteiger partial charge in [-0.05, 0) is 36.8 Å². The van der Waals surface area contributed by atoms with E-state index in [9.17, 15) is 4.79 Å². The second-order valence-electron chi connectivity index (χ2n) is 7.66. The number of pyridine rings is 1. The van der Waals surface area contributed by atoms with Crippen molar-refractivity contribution in [3.05, 3.63) is 100 Å². The normalized spacial score (nSPS) is 16.8. The Bertz CT molecular complexity index is 1300. The lowest BCUT2D eigenvalue weighted by atomic mass is 10.1. The Morgan fingerprint density at radius 3 is 2.59 bits per heavy atom. The van der Waals surface area contributed by atoms with Crippen LogP contribution in [0.1, 0.15) is 28.5 Å². The average molecular weight is 489 g/mol. The van der Waals surface area contributed by atoms with Crippen molar-refractivity contribution in [3.8, 4) is 0 Å². The second-order valence-corrected chi connectivity index (χ2v) is 8.57. The lowest BCUT2D eigenvalue weighted by Crippen LogP contribution is -2.33. The Balaban J connectivity index is 1.55. The van der Waals surface area contributed by atoms with Crippen LogP contribution in [0.5, 0.6) is 0 Å². The van der Waals surface area contributed by atoms with Gasteiger partial charge in [0.25, 0.3) is 0 Å². The van der Waals surface area contributed by atoms with Crippen LogP contribution in [0.2, 0.25) is 0 Å². The fourth-order valence-electron chi connectivity index (χ4n) is 3.77. The van der Waals surface area contributed by atoms with Crippen LogP contribution in [-0.2, 0) is 11.3 Å². The van der Waals surface area contributed by atoms with E-state index >= 15 is 0 Å². The molecule has 0 amide bonds. The molecule has 6 nitrogen and oxygen atoms in total. The van der Waals surface area contributed by atoms with Gasteiger partial charge in [-0.1, -0.05) is 64.5 Å². The molecule has 2 aromatic carbocycles. The zero-order valence-corrected chi connectivity index (χ0v) is 19.0. The van der Waals surface area contributed by atoms with Crippen LogP contribution < -0.4 is 5.32 Å². The first-order valence-corrected chi connectivity index (χ1v) is 11.2. The van der Waals surface area contributed by atoms with Crippen molar-refractivity contribution < 1.29 is 9.53 Å². The Labute approximate surface area is 194 Å². The molecule has 0 saturated carbocycles. The number of halogens is 1. The molecule has 0 radical (unpaired) electrons. The molecule has 4 aromatic rings. The minimum Gasteiger partial charge on any atom is -0.371 e. The quantitative estimate of drug-likeness (QED) is 0.422. The monoisotopic (exact) mass is 488 g/mol. The average Bonchev–Trinajstić information content (AvgIpc) is 3.12. The summed E-state index contributed by atoms with van der Waals surface area (Å²) in [5.41, 5.74) is 3.10. The smallest absolute Gasteiger partial charge is 0.210 e. The van der Waals surface area contributed by atoms with Crippen LogP contribution in [0.4, 0.5) is 5.82 Å². The van der Waals surface area contributed by atoms with Crippen molar-refractivity contribution in [1.29, 1.82) is 0 Å². The number of aromatic nitrogens is 2. The summed E-state index contributed by atoms with van der Waals surface area (Å²) in [6.45, 7) is 2.30. The Kier molecular flexibility index (Phi) is 5.59. The number of nitrogens with zero attached hydrogens (tertiary/aromatic N) is 3. The maximum Gasteiger partial charge on any atom is 0.210 e. The van der Waals surface area contributed by atoms with Crippen molar-refractivity contribution in [2.45, 2.75) is 25.7 Å². The van der Waals surface area contributed by atoms with Gasteiger partial charge in [-0.2, -0.15) is 0 Å². The van der Waals surface area contributed by atoms with Crippen LogP contribution in [0, 0.1) is 0 Å². The second kappa shape index (κ2) is 8.68. The summed E-state index contributed by atoms with van der Waals surface area (Å²) in [7, 11) is 0. The molecule has 1 aliphatic rings. The van der Waals surface area contributed by atoms with E-state index in [2.05, 4.69) is 26.2 Å². The van der Waals surface area contributed by atoms with Gasteiger partial charge in [0.05, 0.1) is 12.7 Å². The van der Waals surface area contributed by atoms with Crippen molar-refractivity contribution in [2.75, 3.05) is 5.32 Å². The number of aliphatic imine (C=N–C) groups is 1. The largest absolute Gasteiger partial charge is 0.371 e. The molecule has 0 fully saturated rings. The van der Waals surface area contributed by atoms with Gasteiger partial charge >= 0.3 is 0 Å². The van der Waals surface area contributed by atoms with Crippen LogP contribution >= 0.6 is 15.9 Å². The van der Waals surface area contributed by atoms with Crippen molar-refractivity contribution in [3.63, 3.8) is 0 Å². The van der Waals surface area contributed by atoms with Crippen molar-refractivity contribution in [1.82, 2.24) is 9.38 Å². The number of anilines is 1. The Morgan fingerprint density at radius 1 is 1.06 bits per heavy atom. The minimum atomic E-state index is -0.716. The molecule has 2 aromatic heterocycles. The number of fused-ring (bicyclic) bond motifs is 3. The molecular weight excluding hydrogens is 468 g/mol. The molecule has 7 heteroatoms. The number of ketones is 1. The molecule has 0 aliphatic carbocycles. The maximum atomic E-state index is 13.7. The van der Waals surface area contributed by atoms with E-state index in [-0.39, 0.29) is 5.78 Å². The molecule has 1 unspecified atom stereocenters. The van der Waals surface area contributed by atoms with E-state index in [1.165, 1.54) is 0 Å². The predicted molar refractivity (Wildman–Crippen MR) is 128 cm³/mol. The van der Waals surface area contributed by atoms with Gasteiger partial charge in [-0.3, -0.25) is 14.2 Å². The number of carbonyl (C=O) groups is 1. The first-order chi connectivity index (χ1) is 15.6. The zero-order chi connectivity index (χ0) is 22.1.